The summed E-state index contributed by atoms with van der Waals surface area (Å²) >= 11 is 1.38. The quantitative estimate of drug-likeness (QED) is 0.723. The first-order valence-corrected chi connectivity index (χ1v) is 7.72. The molecular formula is C16H13N3O4S. The molecule has 24 heavy (non-hydrogen) atoms. The third-order valence-electron chi connectivity index (χ3n) is 3.40. The number of carbonyl (C=O) groups excluding carboxylic acids is 1. The number of ether oxygens (including phenoxy) is 2. The van der Waals surface area contributed by atoms with E-state index in [4.69, 9.17) is 13.9 Å². The summed E-state index contributed by atoms with van der Waals surface area (Å²) in [6, 6.07) is 7.50. The van der Waals surface area contributed by atoms with Crippen LogP contribution in [0.2, 0.25) is 0 Å². The summed E-state index contributed by atoms with van der Waals surface area (Å²) in [5, 5.41) is 12.9. The van der Waals surface area contributed by atoms with Crippen molar-refractivity contribution in [2.24, 2.45) is 0 Å². The van der Waals surface area contributed by atoms with E-state index >= 15 is 0 Å². The number of furan rings is 1. The van der Waals surface area contributed by atoms with E-state index in [1.807, 2.05) is 24.3 Å². The number of aromatic nitrogens is 1. The maximum absolute atomic E-state index is 11.8. The van der Waals surface area contributed by atoms with E-state index in [-0.39, 0.29) is 17.0 Å². The van der Waals surface area contributed by atoms with Gasteiger partial charge >= 0.3 is 5.97 Å². The fraction of sp³-hybridized carbons (Fsp3) is 0.188. The number of nitrogens with one attached hydrogen (secondary N) is 1. The monoisotopic (exact) mass is 343 g/mol. The fourth-order valence-corrected chi connectivity index (χ4v) is 3.16. The number of hydrogen-bond donors (Lipinski definition) is 1. The molecule has 3 aromatic rings. The van der Waals surface area contributed by atoms with Crippen molar-refractivity contribution in [1.29, 1.82) is 5.26 Å². The lowest BCUT2D eigenvalue weighted by atomic mass is 10.1. The third kappa shape index (κ3) is 2.66. The molecule has 0 aliphatic rings. The maximum Gasteiger partial charge on any atom is 0.342 e. The molecule has 2 heterocycles. The van der Waals surface area contributed by atoms with Gasteiger partial charge in [0.2, 0.25) is 5.88 Å². The molecule has 0 spiro atoms. The number of thiazole rings is 1. The zero-order chi connectivity index (χ0) is 17.3. The number of rotatable bonds is 4. The summed E-state index contributed by atoms with van der Waals surface area (Å²) in [4.78, 5) is 16.2. The Morgan fingerprint density at radius 3 is 2.88 bits per heavy atom. The highest BCUT2D eigenvalue weighted by Gasteiger charge is 2.25. The average molecular weight is 343 g/mol. The standard InChI is InChI=1S/C16H13N3O4S/c1-8-13(15(20)22-3)10(7-17)14(23-8)19-16-18-11-5-4-9(21-2)6-12(11)24-16/h4-6H,1-3H3,(H,18,19). The van der Waals surface area contributed by atoms with Crippen molar-refractivity contribution < 1.29 is 18.7 Å². The lowest BCUT2D eigenvalue weighted by molar-refractivity contribution is 0.0598. The van der Waals surface area contributed by atoms with Crippen molar-refractivity contribution in [3.8, 4) is 11.8 Å². The summed E-state index contributed by atoms with van der Waals surface area (Å²) in [6.07, 6.45) is 0. The highest BCUT2D eigenvalue weighted by atomic mass is 32.1. The number of esters is 1. The first-order valence-electron chi connectivity index (χ1n) is 6.90. The summed E-state index contributed by atoms with van der Waals surface area (Å²) in [5.74, 6) is 0.595. The lowest BCUT2D eigenvalue weighted by Crippen LogP contribution is -2.04. The molecule has 0 fully saturated rings. The molecule has 3 rings (SSSR count). The van der Waals surface area contributed by atoms with E-state index in [0.717, 1.165) is 16.0 Å². The van der Waals surface area contributed by atoms with Crippen LogP contribution in [0.3, 0.4) is 0 Å². The second kappa shape index (κ2) is 6.22. The van der Waals surface area contributed by atoms with Gasteiger partial charge in [-0.15, -0.1) is 0 Å². The summed E-state index contributed by atoms with van der Waals surface area (Å²) in [5.41, 5.74) is 1.000. The smallest absolute Gasteiger partial charge is 0.342 e. The number of carbonyl (C=O) groups is 1. The van der Waals surface area contributed by atoms with Crippen LogP contribution in [0.15, 0.2) is 22.6 Å². The molecule has 122 valence electrons. The van der Waals surface area contributed by atoms with Gasteiger partial charge in [0.25, 0.3) is 0 Å². The molecule has 8 heteroatoms. The number of anilines is 2. The SMILES string of the molecule is COC(=O)c1c(C)oc(Nc2nc3ccc(OC)cc3s2)c1C#N. The number of nitrogens with zero attached hydrogens (tertiary/aromatic N) is 2. The second-order valence-electron chi connectivity index (χ2n) is 4.82. The largest absolute Gasteiger partial charge is 0.497 e. The summed E-state index contributed by atoms with van der Waals surface area (Å²) < 4.78 is 16.3. The Hall–Kier alpha value is -3.05. The number of nitriles is 1. The van der Waals surface area contributed by atoms with E-state index in [9.17, 15) is 10.1 Å². The van der Waals surface area contributed by atoms with Crippen LogP contribution in [0, 0.1) is 18.3 Å². The Morgan fingerprint density at radius 1 is 1.42 bits per heavy atom. The maximum atomic E-state index is 11.8. The first-order chi connectivity index (χ1) is 11.6. The van der Waals surface area contributed by atoms with Gasteiger partial charge in [-0.25, -0.2) is 9.78 Å². The molecule has 1 N–H and O–H groups in total. The number of fused-ring (bicyclic) bond motifs is 1. The Labute approximate surface area is 141 Å². The van der Waals surface area contributed by atoms with Gasteiger partial charge in [0.05, 0.1) is 24.4 Å². The summed E-state index contributed by atoms with van der Waals surface area (Å²) in [6.45, 7) is 1.60. The molecule has 0 aliphatic heterocycles. The van der Waals surface area contributed by atoms with Crippen LogP contribution in [0.1, 0.15) is 21.7 Å². The van der Waals surface area contributed by atoms with Crippen LogP contribution in [-0.4, -0.2) is 25.2 Å². The molecule has 0 aliphatic carbocycles. The number of methoxy groups -OCH3 is 2. The molecule has 0 atom stereocenters. The van der Waals surface area contributed by atoms with Crippen LogP contribution >= 0.6 is 11.3 Å². The van der Waals surface area contributed by atoms with E-state index in [2.05, 4.69) is 10.3 Å². The molecule has 0 unspecified atom stereocenters. The lowest BCUT2D eigenvalue weighted by Gasteiger charge is -1.98. The van der Waals surface area contributed by atoms with Gasteiger partial charge in [0.15, 0.2) is 5.13 Å². The van der Waals surface area contributed by atoms with Gasteiger partial charge in [-0.2, -0.15) is 5.26 Å². The van der Waals surface area contributed by atoms with Gasteiger partial charge in [0, 0.05) is 0 Å². The number of aryl methyl sites for hydroxylation is 1. The molecule has 7 nitrogen and oxygen atoms in total. The number of hydrogen-bond acceptors (Lipinski definition) is 8. The molecule has 0 bridgehead atoms. The zero-order valence-electron chi connectivity index (χ0n) is 13.2. The Bertz CT molecular complexity index is 968. The van der Waals surface area contributed by atoms with Crippen molar-refractivity contribution in [1.82, 2.24) is 4.98 Å². The van der Waals surface area contributed by atoms with Crippen LogP contribution < -0.4 is 10.1 Å². The van der Waals surface area contributed by atoms with Crippen molar-refractivity contribution in [3.63, 3.8) is 0 Å². The minimum absolute atomic E-state index is 0.0937. The topological polar surface area (TPSA) is 97.4 Å². The number of benzene rings is 1. The Kier molecular flexibility index (Phi) is 4.10. The van der Waals surface area contributed by atoms with E-state index in [1.54, 1.807) is 14.0 Å². The third-order valence-corrected chi connectivity index (χ3v) is 4.34. The normalized spacial score (nSPS) is 10.4. The molecule has 0 saturated carbocycles. The fourth-order valence-electron chi connectivity index (χ4n) is 2.27. The summed E-state index contributed by atoms with van der Waals surface area (Å²) in [7, 11) is 2.85. The van der Waals surface area contributed by atoms with E-state index in [1.165, 1.54) is 18.4 Å². The zero-order valence-corrected chi connectivity index (χ0v) is 14.0. The predicted octanol–water partition coefficient (Wildman–Crippen LogP) is 3.61. The van der Waals surface area contributed by atoms with E-state index < -0.39 is 5.97 Å². The molecule has 2 aromatic heterocycles. The molecule has 0 radical (unpaired) electrons. The van der Waals surface area contributed by atoms with Gasteiger partial charge in [-0.1, -0.05) is 11.3 Å². The molecule has 1 aromatic carbocycles. The minimum atomic E-state index is -0.616. The highest BCUT2D eigenvalue weighted by molar-refractivity contribution is 7.22. The molecule has 0 saturated heterocycles. The second-order valence-corrected chi connectivity index (χ2v) is 5.85. The molecular weight excluding hydrogens is 330 g/mol. The highest BCUT2D eigenvalue weighted by Crippen LogP contribution is 2.34. The van der Waals surface area contributed by atoms with Gasteiger partial charge in [-0.05, 0) is 25.1 Å². The van der Waals surface area contributed by atoms with Crippen LogP contribution in [0.5, 0.6) is 5.75 Å². The van der Waals surface area contributed by atoms with E-state index in [0.29, 0.717) is 10.9 Å². The van der Waals surface area contributed by atoms with Crippen LogP contribution in [-0.2, 0) is 4.74 Å². The van der Waals surface area contributed by atoms with Gasteiger partial charge < -0.3 is 19.2 Å². The van der Waals surface area contributed by atoms with Crippen LogP contribution in [0.25, 0.3) is 10.2 Å². The van der Waals surface area contributed by atoms with Crippen molar-refractivity contribution in [3.05, 3.63) is 35.1 Å². The predicted molar refractivity (Wildman–Crippen MR) is 89.0 cm³/mol. The molecule has 0 amide bonds. The minimum Gasteiger partial charge on any atom is -0.497 e. The van der Waals surface area contributed by atoms with Crippen LogP contribution in [0.4, 0.5) is 11.0 Å². The Balaban J connectivity index is 2.00. The van der Waals surface area contributed by atoms with Crippen molar-refractivity contribution >= 4 is 38.5 Å². The van der Waals surface area contributed by atoms with Crippen molar-refractivity contribution in [2.75, 3.05) is 19.5 Å². The Morgan fingerprint density at radius 2 is 2.21 bits per heavy atom. The van der Waals surface area contributed by atoms with Crippen molar-refractivity contribution in [2.45, 2.75) is 6.92 Å². The average Bonchev–Trinajstić information content (AvgIpc) is 3.12. The van der Waals surface area contributed by atoms with Gasteiger partial charge in [0.1, 0.15) is 28.7 Å². The van der Waals surface area contributed by atoms with Gasteiger partial charge in [-0.3, -0.25) is 0 Å². The first kappa shape index (κ1) is 15.8.